The highest BCUT2D eigenvalue weighted by Gasteiger charge is 2.20. The molecule has 10 nitrogen and oxygen atoms in total. The van der Waals surface area contributed by atoms with E-state index in [-0.39, 0.29) is 12.8 Å². The Hall–Kier alpha value is -3.83. The average Bonchev–Trinajstić information content (AvgIpc) is 3.36. The number of carbonyl (C=O) groups is 2. The molecule has 3 rings (SSSR count). The summed E-state index contributed by atoms with van der Waals surface area (Å²) < 4.78 is 26.4. The van der Waals surface area contributed by atoms with Crippen LogP contribution in [0.25, 0.3) is 22.4 Å². The van der Waals surface area contributed by atoms with Crippen molar-refractivity contribution >= 4 is 29.0 Å². The molecule has 5 N–H and O–H groups in total. The van der Waals surface area contributed by atoms with E-state index in [0.29, 0.717) is 34.4 Å². The second-order valence-electron chi connectivity index (χ2n) is 7.51. The van der Waals surface area contributed by atoms with E-state index in [2.05, 4.69) is 9.69 Å². The number of ether oxygens (including phenoxy) is 4. The molecule has 11 heteroatoms. The standard InChI is InChI=1S/C24H28N4O6S/c1-31-18-7-5-13(9-17(18)27-24(30)16(25)6-8-21(26)29)15-12-35-28-22(15)14-10-19(32-2)23(34-4)20(11-14)33-3/h5,7,9-12,16H,6,8,25H2,1-4H3,(H2,26,29)(H,27,30). The largest absolute Gasteiger partial charge is 0.495 e. The van der Waals surface area contributed by atoms with Crippen LogP contribution in [0.2, 0.25) is 0 Å². The van der Waals surface area contributed by atoms with E-state index in [1.54, 1.807) is 33.5 Å². The fourth-order valence-electron chi connectivity index (χ4n) is 3.50. The molecule has 1 heterocycles. The number of nitrogens with one attached hydrogen (secondary N) is 1. The Morgan fingerprint density at radius 2 is 1.63 bits per heavy atom. The van der Waals surface area contributed by atoms with E-state index >= 15 is 0 Å². The molecule has 0 aliphatic carbocycles. The minimum absolute atomic E-state index is 0.0183. The minimum atomic E-state index is -0.895. The SMILES string of the molecule is COc1ccc(-c2csnc2-c2cc(OC)c(OC)c(OC)c2)cc1NC(=O)C(N)CCC(N)=O. The fraction of sp³-hybridized carbons (Fsp3) is 0.292. The first-order valence-corrected chi connectivity index (χ1v) is 11.4. The van der Waals surface area contributed by atoms with Crippen LogP contribution in [0, 0.1) is 0 Å². The van der Waals surface area contributed by atoms with Crippen LogP contribution in [-0.2, 0) is 9.59 Å². The summed E-state index contributed by atoms with van der Waals surface area (Å²) in [5.41, 5.74) is 14.6. The second kappa shape index (κ2) is 11.5. The van der Waals surface area contributed by atoms with Crippen molar-refractivity contribution in [2.24, 2.45) is 11.5 Å². The summed E-state index contributed by atoms with van der Waals surface area (Å²) >= 11 is 1.29. The zero-order chi connectivity index (χ0) is 25.5. The topological polar surface area (TPSA) is 148 Å². The number of nitrogens with two attached hydrogens (primary N) is 2. The molecule has 186 valence electrons. The van der Waals surface area contributed by atoms with Gasteiger partial charge in [0.25, 0.3) is 0 Å². The molecule has 1 unspecified atom stereocenters. The maximum Gasteiger partial charge on any atom is 0.241 e. The monoisotopic (exact) mass is 500 g/mol. The zero-order valence-corrected chi connectivity index (χ0v) is 20.7. The van der Waals surface area contributed by atoms with Gasteiger partial charge in [-0.05, 0) is 47.8 Å². The first-order valence-electron chi connectivity index (χ1n) is 10.6. The van der Waals surface area contributed by atoms with Gasteiger partial charge < -0.3 is 35.7 Å². The van der Waals surface area contributed by atoms with E-state index in [0.717, 1.165) is 16.7 Å². The Morgan fingerprint density at radius 3 is 2.20 bits per heavy atom. The number of anilines is 1. The van der Waals surface area contributed by atoms with E-state index in [4.69, 9.17) is 30.4 Å². The summed E-state index contributed by atoms with van der Waals surface area (Å²) in [6.07, 6.45) is 0.160. The van der Waals surface area contributed by atoms with E-state index < -0.39 is 17.9 Å². The average molecular weight is 501 g/mol. The summed E-state index contributed by atoms with van der Waals surface area (Å²) in [5, 5.41) is 4.69. The first kappa shape index (κ1) is 25.8. The van der Waals surface area contributed by atoms with Crippen molar-refractivity contribution in [1.82, 2.24) is 4.37 Å². The molecule has 35 heavy (non-hydrogen) atoms. The fourth-order valence-corrected chi connectivity index (χ4v) is 4.21. The summed E-state index contributed by atoms with van der Waals surface area (Å²) in [6.45, 7) is 0. The van der Waals surface area contributed by atoms with E-state index in [1.807, 2.05) is 23.6 Å². The summed E-state index contributed by atoms with van der Waals surface area (Å²) in [4.78, 5) is 23.6. The third-order valence-corrected chi connectivity index (χ3v) is 5.94. The highest BCUT2D eigenvalue weighted by Crippen LogP contribution is 2.44. The van der Waals surface area contributed by atoms with Crippen LogP contribution >= 0.6 is 11.5 Å². The lowest BCUT2D eigenvalue weighted by atomic mass is 10.0. The lowest BCUT2D eigenvalue weighted by molar-refractivity contribution is -0.119. The number of hydrogen-bond donors (Lipinski definition) is 3. The van der Waals surface area contributed by atoms with Crippen LogP contribution in [0.4, 0.5) is 5.69 Å². The molecular weight excluding hydrogens is 472 g/mol. The number of benzene rings is 2. The summed E-state index contributed by atoms with van der Waals surface area (Å²) in [6, 6.07) is 8.15. The molecule has 0 fully saturated rings. The Bertz CT molecular complexity index is 1190. The van der Waals surface area contributed by atoms with Crippen molar-refractivity contribution in [2.45, 2.75) is 18.9 Å². The number of hydrogen-bond acceptors (Lipinski definition) is 9. The number of aromatic nitrogens is 1. The molecule has 0 radical (unpaired) electrons. The van der Waals surface area contributed by atoms with Gasteiger partial charge in [-0.1, -0.05) is 6.07 Å². The molecular formula is C24H28N4O6S. The van der Waals surface area contributed by atoms with Crippen molar-refractivity contribution in [1.29, 1.82) is 0 Å². The van der Waals surface area contributed by atoms with Gasteiger partial charge in [-0.2, -0.15) is 4.37 Å². The second-order valence-corrected chi connectivity index (χ2v) is 8.14. The molecule has 0 bridgehead atoms. The van der Waals surface area contributed by atoms with Crippen LogP contribution < -0.4 is 35.7 Å². The molecule has 0 saturated heterocycles. The Kier molecular flexibility index (Phi) is 8.50. The third kappa shape index (κ3) is 5.81. The lowest BCUT2D eigenvalue weighted by Gasteiger charge is -2.16. The Morgan fingerprint density at radius 1 is 0.971 bits per heavy atom. The molecule has 2 amide bonds. The maximum atomic E-state index is 12.6. The highest BCUT2D eigenvalue weighted by atomic mass is 32.1. The maximum absolute atomic E-state index is 12.6. The Labute approximate surface area is 207 Å². The molecule has 1 atom stereocenters. The van der Waals surface area contributed by atoms with Crippen molar-refractivity contribution < 1.29 is 28.5 Å². The van der Waals surface area contributed by atoms with Gasteiger partial charge in [0.05, 0.1) is 45.9 Å². The van der Waals surface area contributed by atoms with Gasteiger partial charge in [0, 0.05) is 22.9 Å². The third-order valence-electron chi connectivity index (χ3n) is 5.31. The predicted octanol–water partition coefficient (Wildman–Crippen LogP) is 3.04. The quantitative estimate of drug-likeness (QED) is 0.364. The van der Waals surface area contributed by atoms with Gasteiger partial charge in [-0.15, -0.1) is 0 Å². The zero-order valence-electron chi connectivity index (χ0n) is 19.9. The van der Waals surface area contributed by atoms with Crippen molar-refractivity contribution in [3.63, 3.8) is 0 Å². The van der Waals surface area contributed by atoms with Crippen molar-refractivity contribution in [3.8, 4) is 45.4 Å². The summed E-state index contributed by atoms with van der Waals surface area (Å²) in [5.74, 6) is 0.994. The van der Waals surface area contributed by atoms with E-state index in [1.165, 1.54) is 18.6 Å². The molecule has 1 aromatic heterocycles. The minimum Gasteiger partial charge on any atom is -0.495 e. The number of rotatable bonds is 11. The van der Waals surface area contributed by atoms with Gasteiger partial charge in [-0.25, -0.2) is 0 Å². The van der Waals surface area contributed by atoms with Gasteiger partial charge >= 0.3 is 0 Å². The smallest absolute Gasteiger partial charge is 0.241 e. The van der Waals surface area contributed by atoms with Gasteiger partial charge in [0.15, 0.2) is 11.5 Å². The van der Waals surface area contributed by atoms with Crippen LogP contribution in [0.3, 0.4) is 0 Å². The van der Waals surface area contributed by atoms with Gasteiger partial charge in [0.2, 0.25) is 17.6 Å². The van der Waals surface area contributed by atoms with Crippen LogP contribution in [0.1, 0.15) is 12.8 Å². The number of primary amides is 1. The Balaban J connectivity index is 1.98. The lowest BCUT2D eigenvalue weighted by Crippen LogP contribution is -2.36. The molecule has 0 spiro atoms. The molecule has 0 aliphatic heterocycles. The predicted molar refractivity (Wildman–Crippen MR) is 134 cm³/mol. The number of carbonyl (C=O) groups excluding carboxylic acids is 2. The molecule has 0 aliphatic rings. The molecule has 3 aromatic rings. The van der Waals surface area contributed by atoms with E-state index in [9.17, 15) is 9.59 Å². The van der Waals surface area contributed by atoms with Crippen LogP contribution in [0.5, 0.6) is 23.0 Å². The summed E-state index contributed by atoms with van der Waals surface area (Å²) in [7, 11) is 6.15. The van der Waals surface area contributed by atoms with Crippen molar-refractivity contribution in [3.05, 3.63) is 35.7 Å². The normalized spacial score (nSPS) is 11.5. The van der Waals surface area contributed by atoms with Crippen LogP contribution in [0.15, 0.2) is 35.7 Å². The number of nitrogens with zero attached hydrogens (tertiary/aromatic N) is 1. The highest BCUT2D eigenvalue weighted by molar-refractivity contribution is 7.04. The first-order chi connectivity index (χ1) is 16.8. The van der Waals surface area contributed by atoms with Crippen LogP contribution in [-0.4, -0.2) is 50.7 Å². The van der Waals surface area contributed by atoms with Gasteiger partial charge in [0.1, 0.15) is 5.75 Å². The number of amides is 2. The molecule has 2 aromatic carbocycles. The molecule has 0 saturated carbocycles. The van der Waals surface area contributed by atoms with Crippen molar-refractivity contribution in [2.75, 3.05) is 33.8 Å². The van der Waals surface area contributed by atoms with Gasteiger partial charge in [-0.3, -0.25) is 9.59 Å². The number of methoxy groups -OCH3 is 4.